The Morgan fingerprint density at radius 2 is 2.25 bits per heavy atom. The Balaban J connectivity index is 3.00. The maximum atomic E-state index is 11.3. The normalized spacial score (nSPS) is 13.2. The minimum Gasteiger partial charge on any atom is -0.478 e. The predicted octanol–water partition coefficient (Wildman–Crippen LogP) is 2.03. The molecule has 0 amide bonds. The maximum Gasteiger partial charge on any atom is 0.332 e. The van der Waals surface area contributed by atoms with Crippen molar-refractivity contribution in [2.45, 2.75) is 6.92 Å². The summed E-state index contributed by atoms with van der Waals surface area (Å²) in [6.07, 6.45) is 1.49. The van der Waals surface area contributed by atoms with Gasteiger partial charge in [-0.3, -0.25) is 4.79 Å². The summed E-state index contributed by atoms with van der Waals surface area (Å²) in [5.41, 5.74) is 0.0364. The average molecular weight is 240 g/mol. The zero-order chi connectivity index (χ0) is 12.1. The number of carboxylic acid groups (broad SMARTS) is 1. The number of carbonyl (C=O) groups excluding carboxylic acids is 1. The topological polar surface area (TPSA) is 63.6 Å². The minimum absolute atomic E-state index is 0.0364. The van der Waals surface area contributed by atoms with Gasteiger partial charge in [0.1, 0.15) is 0 Å². The second kappa shape index (κ2) is 5.46. The van der Waals surface area contributed by atoms with Crippen LogP contribution in [0, 0.1) is 5.92 Å². The molecule has 0 spiro atoms. The third-order valence-electron chi connectivity index (χ3n) is 2.11. The van der Waals surface area contributed by atoms with E-state index in [2.05, 4.69) is 4.74 Å². The fraction of sp³-hybridized carbons (Fsp3) is 0.273. The first-order valence-corrected chi connectivity index (χ1v) is 5.50. The van der Waals surface area contributed by atoms with Crippen LogP contribution in [0.3, 0.4) is 0 Å². The molecule has 1 atom stereocenters. The molecular formula is C11H12O4S. The van der Waals surface area contributed by atoms with Gasteiger partial charge in [0, 0.05) is 4.88 Å². The zero-order valence-electron chi connectivity index (χ0n) is 8.97. The Morgan fingerprint density at radius 1 is 1.56 bits per heavy atom. The monoisotopic (exact) mass is 240 g/mol. The van der Waals surface area contributed by atoms with E-state index in [9.17, 15) is 9.59 Å². The van der Waals surface area contributed by atoms with Gasteiger partial charge in [-0.15, -0.1) is 11.3 Å². The highest BCUT2D eigenvalue weighted by Crippen LogP contribution is 2.19. The van der Waals surface area contributed by atoms with Crippen molar-refractivity contribution in [2.75, 3.05) is 7.11 Å². The Kier molecular flexibility index (Phi) is 4.25. The first-order chi connectivity index (χ1) is 7.56. The van der Waals surface area contributed by atoms with Gasteiger partial charge in [-0.2, -0.15) is 0 Å². The van der Waals surface area contributed by atoms with Gasteiger partial charge in [0.15, 0.2) is 0 Å². The standard InChI is InChI=1S/C11H12O4S/c1-7(11(14)15-2)9(10(12)13)6-8-4-3-5-16-8/h3-7H,1-2H3,(H,12,13)/b9-6+. The van der Waals surface area contributed by atoms with Crippen molar-refractivity contribution in [3.05, 3.63) is 28.0 Å². The van der Waals surface area contributed by atoms with Crippen molar-refractivity contribution in [2.24, 2.45) is 5.92 Å². The van der Waals surface area contributed by atoms with Crippen LogP contribution in [0.15, 0.2) is 23.1 Å². The van der Waals surface area contributed by atoms with Crippen molar-refractivity contribution in [1.29, 1.82) is 0 Å². The van der Waals surface area contributed by atoms with Gasteiger partial charge in [-0.25, -0.2) is 4.79 Å². The number of esters is 1. The second-order valence-electron chi connectivity index (χ2n) is 3.17. The zero-order valence-corrected chi connectivity index (χ0v) is 9.78. The highest BCUT2D eigenvalue weighted by atomic mass is 32.1. The molecule has 5 heteroatoms. The summed E-state index contributed by atoms with van der Waals surface area (Å²) in [5.74, 6) is -2.43. The Hall–Kier alpha value is -1.62. The van der Waals surface area contributed by atoms with E-state index in [1.54, 1.807) is 6.07 Å². The quantitative estimate of drug-likeness (QED) is 0.646. The van der Waals surface area contributed by atoms with E-state index in [-0.39, 0.29) is 5.57 Å². The summed E-state index contributed by atoms with van der Waals surface area (Å²) in [6.45, 7) is 1.51. The number of hydrogen-bond donors (Lipinski definition) is 1. The minimum atomic E-state index is -1.11. The number of hydrogen-bond acceptors (Lipinski definition) is 4. The molecule has 16 heavy (non-hydrogen) atoms. The van der Waals surface area contributed by atoms with Crippen molar-refractivity contribution in [3.63, 3.8) is 0 Å². The van der Waals surface area contributed by atoms with Crippen LogP contribution in [0.4, 0.5) is 0 Å². The van der Waals surface area contributed by atoms with Crippen LogP contribution >= 0.6 is 11.3 Å². The smallest absolute Gasteiger partial charge is 0.332 e. The Bertz CT molecular complexity index is 406. The van der Waals surface area contributed by atoms with Crippen molar-refractivity contribution in [1.82, 2.24) is 0 Å². The molecule has 1 aromatic heterocycles. The number of ether oxygens (including phenoxy) is 1. The van der Waals surface area contributed by atoms with Crippen LogP contribution in [-0.4, -0.2) is 24.2 Å². The number of aliphatic carboxylic acids is 1. The first-order valence-electron chi connectivity index (χ1n) is 4.62. The molecule has 1 rings (SSSR count). The Morgan fingerprint density at radius 3 is 2.69 bits per heavy atom. The van der Waals surface area contributed by atoms with Gasteiger partial charge in [-0.05, 0) is 24.4 Å². The molecule has 0 aliphatic rings. The summed E-state index contributed by atoms with van der Waals surface area (Å²) in [4.78, 5) is 23.1. The summed E-state index contributed by atoms with van der Waals surface area (Å²) >= 11 is 1.41. The molecule has 1 unspecified atom stereocenters. The van der Waals surface area contributed by atoms with Crippen molar-refractivity contribution in [3.8, 4) is 0 Å². The van der Waals surface area contributed by atoms with Gasteiger partial charge in [0.2, 0.25) is 0 Å². The van der Waals surface area contributed by atoms with Crippen LogP contribution in [-0.2, 0) is 14.3 Å². The van der Waals surface area contributed by atoms with Crippen LogP contribution < -0.4 is 0 Å². The summed E-state index contributed by atoms with van der Waals surface area (Å²) in [7, 11) is 1.24. The highest BCUT2D eigenvalue weighted by molar-refractivity contribution is 7.10. The van der Waals surface area contributed by atoms with E-state index in [0.717, 1.165) is 4.88 Å². The average Bonchev–Trinajstić information content (AvgIpc) is 2.76. The molecule has 4 nitrogen and oxygen atoms in total. The van der Waals surface area contributed by atoms with Crippen LogP contribution in [0.25, 0.3) is 6.08 Å². The third kappa shape index (κ3) is 2.93. The molecule has 1 aromatic rings. The lowest BCUT2D eigenvalue weighted by Gasteiger charge is -2.09. The third-order valence-corrected chi connectivity index (χ3v) is 2.93. The largest absolute Gasteiger partial charge is 0.478 e. The first kappa shape index (κ1) is 12.4. The molecule has 0 fully saturated rings. The van der Waals surface area contributed by atoms with Gasteiger partial charge in [0.25, 0.3) is 0 Å². The molecular weight excluding hydrogens is 228 g/mol. The molecule has 0 radical (unpaired) electrons. The van der Waals surface area contributed by atoms with Crippen molar-refractivity contribution >= 4 is 29.4 Å². The van der Waals surface area contributed by atoms with Crippen LogP contribution in [0.5, 0.6) is 0 Å². The van der Waals surface area contributed by atoms with E-state index in [1.165, 1.54) is 31.4 Å². The lowest BCUT2D eigenvalue weighted by atomic mass is 10.0. The van der Waals surface area contributed by atoms with Gasteiger partial charge in [0.05, 0.1) is 18.6 Å². The highest BCUT2D eigenvalue weighted by Gasteiger charge is 2.23. The molecule has 0 aromatic carbocycles. The molecule has 86 valence electrons. The van der Waals surface area contributed by atoms with Crippen LogP contribution in [0.1, 0.15) is 11.8 Å². The number of methoxy groups -OCH3 is 1. The van der Waals surface area contributed by atoms with Crippen molar-refractivity contribution < 1.29 is 19.4 Å². The molecule has 1 N–H and O–H groups in total. The molecule has 0 aliphatic heterocycles. The molecule has 0 bridgehead atoms. The summed E-state index contributed by atoms with van der Waals surface area (Å²) < 4.78 is 4.52. The summed E-state index contributed by atoms with van der Waals surface area (Å²) in [5, 5.41) is 10.9. The van der Waals surface area contributed by atoms with E-state index < -0.39 is 17.9 Å². The lowest BCUT2D eigenvalue weighted by molar-refractivity contribution is -0.146. The fourth-order valence-corrected chi connectivity index (χ4v) is 1.87. The summed E-state index contributed by atoms with van der Waals surface area (Å²) in [6, 6.07) is 3.61. The number of carboxylic acids is 1. The molecule has 0 aliphatic carbocycles. The second-order valence-corrected chi connectivity index (χ2v) is 4.14. The van der Waals surface area contributed by atoms with E-state index >= 15 is 0 Å². The predicted molar refractivity (Wildman–Crippen MR) is 61.1 cm³/mol. The van der Waals surface area contributed by atoms with E-state index in [4.69, 9.17) is 5.11 Å². The number of rotatable bonds is 4. The van der Waals surface area contributed by atoms with E-state index in [0.29, 0.717) is 0 Å². The fourth-order valence-electron chi connectivity index (χ4n) is 1.20. The molecule has 0 saturated heterocycles. The maximum absolute atomic E-state index is 11.3. The number of thiophene rings is 1. The SMILES string of the molecule is COC(=O)C(C)/C(=C\c1cccs1)C(=O)O. The van der Waals surface area contributed by atoms with Crippen LogP contribution in [0.2, 0.25) is 0 Å². The molecule has 0 saturated carbocycles. The van der Waals surface area contributed by atoms with Gasteiger partial charge < -0.3 is 9.84 Å². The van der Waals surface area contributed by atoms with Gasteiger partial charge in [-0.1, -0.05) is 6.07 Å². The number of carbonyl (C=O) groups is 2. The van der Waals surface area contributed by atoms with E-state index in [1.807, 2.05) is 11.4 Å². The lowest BCUT2D eigenvalue weighted by Crippen LogP contribution is -2.19. The van der Waals surface area contributed by atoms with Gasteiger partial charge >= 0.3 is 11.9 Å². The molecule has 1 heterocycles. The Labute approximate surface area is 97.2 Å².